The van der Waals surface area contributed by atoms with Gasteiger partial charge in [-0.2, -0.15) is 0 Å². The maximum absolute atomic E-state index is 4.88. The number of rotatable bonds is 1. The summed E-state index contributed by atoms with van der Waals surface area (Å²) in [6, 6.07) is 25.3. The van der Waals surface area contributed by atoms with Crippen LogP contribution >= 0.6 is 0 Å². The lowest BCUT2D eigenvalue weighted by molar-refractivity contribution is 1.10. The molecule has 0 N–H and O–H groups in total. The minimum atomic E-state index is 0.956. The van der Waals surface area contributed by atoms with Gasteiger partial charge in [0.1, 0.15) is 0 Å². The van der Waals surface area contributed by atoms with E-state index in [1.54, 1.807) is 0 Å². The summed E-state index contributed by atoms with van der Waals surface area (Å²) >= 11 is 0. The molecule has 0 aliphatic heterocycles. The molecule has 2 aromatic heterocycles. The van der Waals surface area contributed by atoms with Crippen molar-refractivity contribution in [2.24, 2.45) is 0 Å². The zero-order valence-corrected chi connectivity index (χ0v) is 14.8. The highest BCUT2D eigenvalue weighted by Crippen LogP contribution is 2.29. The number of imidazole rings is 2. The number of nitrogens with zero attached hydrogens (tertiary/aromatic N) is 3. The van der Waals surface area contributed by atoms with Gasteiger partial charge in [-0.1, -0.05) is 50.2 Å². The van der Waals surface area contributed by atoms with E-state index < -0.39 is 0 Å². The molecule has 0 saturated carbocycles. The monoisotopic (exact) mass is 327 g/mol. The highest BCUT2D eigenvalue weighted by atomic mass is 15.2. The first-order valence-corrected chi connectivity index (χ1v) is 8.76. The van der Waals surface area contributed by atoms with Gasteiger partial charge < -0.3 is 0 Å². The Hall–Kier alpha value is -3.07. The molecule has 25 heavy (non-hydrogen) atoms. The Morgan fingerprint density at radius 3 is 2.16 bits per heavy atom. The normalized spacial score (nSPS) is 11.0. The molecule has 3 aromatic carbocycles. The van der Waals surface area contributed by atoms with Crippen LogP contribution in [0.15, 0.2) is 72.8 Å². The van der Waals surface area contributed by atoms with Crippen molar-refractivity contribution >= 4 is 27.8 Å². The zero-order chi connectivity index (χ0) is 17.4. The molecule has 0 aliphatic rings. The molecular weight excluding hydrogens is 306 g/mol. The topological polar surface area (TPSA) is 22.2 Å². The molecule has 0 radical (unpaired) electrons. The van der Waals surface area contributed by atoms with Crippen molar-refractivity contribution in [2.75, 3.05) is 0 Å². The summed E-state index contributed by atoms with van der Waals surface area (Å²) in [4.78, 5) is 4.88. The SMILES string of the molecule is CC.Cc1cccc(-n2c3ccccc3n3c4ccccc4nc23)c1. The van der Waals surface area contributed by atoms with Crippen LogP contribution in [0, 0.1) is 6.92 Å². The van der Waals surface area contributed by atoms with E-state index in [2.05, 4.69) is 82.6 Å². The quantitative estimate of drug-likeness (QED) is 0.383. The Balaban J connectivity index is 0.000000758. The van der Waals surface area contributed by atoms with Gasteiger partial charge in [0.05, 0.1) is 22.1 Å². The Morgan fingerprint density at radius 2 is 1.40 bits per heavy atom. The molecule has 0 fully saturated rings. The highest BCUT2D eigenvalue weighted by molar-refractivity contribution is 5.91. The largest absolute Gasteiger partial charge is 0.278 e. The molecule has 3 nitrogen and oxygen atoms in total. The van der Waals surface area contributed by atoms with Gasteiger partial charge in [-0.25, -0.2) is 4.98 Å². The lowest BCUT2D eigenvalue weighted by atomic mass is 10.2. The predicted molar refractivity (Wildman–Crippen MR) is 106 cm³/mol. The Bertz CT molecular complexity index is 1180. The van der Waals surface area contributed by atoms with Crippen molar-refractivity contribution in [3.8, 4) is 5.69 Å². The Labute approximate surface area is 147 Å². The van der Waals surface area contributed by atoms with Crippen LogP contribution in [0.2, 0.25) is 0 Å². The second kappa shape index (κ2) is 6.10. The van der Waals surface area contributed by atoms with Crippen LogP contribution in [0.1, 0.15) is 19.4 Å². The highest BCUT2D eigenvalue weighted by Gasteiger charge is 2.16. The van der Waals surface area contributed by atoms with E-state index >= 15 is 0 Å². The summed E-state index contributed by atoms with van der Waals surface area (Å²) in [5.41, 5.74) is 6.91. The van der Waals surface area contributed by atoms with Crippen LogP contribution in [-0.2, 0) is 0 Å². The summed E-state index contributed by atoms with van der Waals surface area (Å²) in [5, 5.41) is 0. The average molecular weight is 327 g/mol. The van der Waals surface area contributed by atoms with Gasteiger partial charge >= 0.3 is 0 Å². The summed E-state index contributed by atoms with van der Waals surface area (Å²) in [7, 11) is 0. The van der Waals surface area contributed by atoms with E-state index in [9.17, 15) is 0 Å². The van der Waals surface area contributed by atoms with Crippen LogP contribution in [-0.4, -0.2) is 14.0 Å². The molecule has 0 saturated heterocycles. The second-order valence-electron chi connectivity index (χ2n) is 5.90. The predicted octanol–water partition coefficient (Wildman–Crippen LogP) is 5.77. The molecule has 0 amide bonds. The first-order chi connectivity index (χ1) is 12.3. The van der Waals surface area contributed by atoms with Gasteiger partial charge in [-0.3, -0.25) is 8.97 Å². The number of aryl methyl sites for hydroxylation is 1. The van der Waals surface area contributed by atoms with Crippen molar-refractivity contribution in [1.82, 2.24) is 14.0 Å². The van der Waals surface area contributed by atoms with Crippen molar-refractivity contribution in [2.45, 2.75) is 20.8 Å². The van der Waals surface area contributed by atoms with Crippen molar-refractivity contribution in [3.05, 3.63) is 78.4 Å². The Morgan fingerprint density at radius 1 is 0.720 bits per heavy atom. The van der Waals surface area contributed by atoms with Gasteiger partial charge in [0.25, 0.3) is 0 Å². The standard InChI is InChI=1S/C20H15N3.C2H6/c1-14-7-6-8-15(13-14)22-18-11-4-5-12-19(18)23-17-10-3-2-9-16(17)21-20(22)23;1-2/h2-13H,1H3;1-2H3. The second-order valence-corrected chi connectivity index (χ2v) is 5.90. The minimum Gasteiger partial charge on any atom is -0.278 e. The van der Waals surface area contributed by atoms with E-state index in [1.807, 2.05) is 19.9 Å². The lowest BCUT2D eigenvalue weighted by Crippen LogP contribution is -1.95. The molecule has 0 spiro atoms. The van der Waals surface area contributed by atoms with E-state index in [0.717, 1.165) is 22.5 Å². The minimum absolute atomic E-state index is 0.956. The lowest BCUT2D eigenvalue weighted by Gasteiger charge is -2.05. The number of hydrogen-bond donors (Lipinski definition) is 0. The van der Waals surface area contributed by atoms with Crippen LogP contribution in [0.3, 0.4) is 0 Å². The smallest absolute Gasteiger partial charge is 0.220 e. The molecule has 0 aliphatic carbocycles. The number of benzene rings is 3. The Kier molecular flexibility index (Phi) is 3.77. The van der Waals surface area contributed by atoms with Crippen LogP contribution in [0.5, 0.6) is 0 Å². The van der Waals surface area contributed by atoms with Gasteiger partial charge in [0, 0.05) is 5.69 Å². The summed E-state index contributed by atoms with van der Waals surface area (Å²) in [6.07, 6.45) is 0. The molecular formula is C22H21N3. The molecule has 0 unspecified atom stereocenters. The van der Waals surface area contributed by atoms with Gasteiger partial charge in [-0.05, 0) is 48.9 Å². The van der Waals surface area contributed by atoms with Gasteiger partial charge in [0.2, 0.25) is 5.78 Å². The van der Waals surface area contributed by atoms with Crippen molar-refractivity contribution in [1.29, 1.82) is 0 Å². The van der Waals surface area contributed by atoms with Crippen molar-refractivity contribution < 1.29 is 0 Å². The number of para-hydroxylation sites is 4. The zero-order valence-electron chi connectivity index (χ0n) is 14.8. The molecule has 5 rings (SSSR count). The maximum atomic E-state index is 4.88. The summed E-state index contributed by atoms with van der Waals surface area (Å²) in [5.74, 6) is 0.956. The fourth-order valence-corrected chi connectivity index (χ4v) is 3.37. The van der Waals surface area contributed by atoms with Gasteiger partial charge in [0.15, 0.2) is 0 Å². The van der Waals surface area contributed by atoms with E-state index in [4.69, 9.17) is 4.98 Å². The van der Waals surface area contributed by atoms with E-state index in [1.165, 1.54) is 16.6 Å². The summed E-state index contributed by atoms with van der Waals surface area (Å²) < 4.78 is 4.48. The summed E-state index contributed by atoms with van der Waals surface area (Å²) in [6.45, 7) is 6.12. The molecule has 5 aromatic rings. The molecule has 124 valence electrons. The van der Waals surface area contributed by atoms with Gasteiger partial charge in [-0.15, -0.1) is 0 Å². The third-order valence-corrected chi connectivity index (χ3v) is 4.37. The number of fused-ring (bicyclic) bond motifs is 5. The molecule has 2 heterocycles. The van der Waals surface area contributed by atoms with Crippen LogP contribution in [0.4, 0.5) is 0 Å². The first-order valence-electron chi connectivity index (χ1n) is 8.76. The third-order valence-electron chi connectivity index (χ3n) is 4.37. The average Bonchev–Trinajstić information content (AvgIpc) is 3.17. The van der Waals surface area contributed by atoms with Crippen molar-refractivity contribution in [3.63, 3.8) is 0 Å². The maximum Gasteiger partial charge on any atom is 0.220 e. The van der Waals surface area contributed by atoms with E-state index in [0.29, 0.717) is 0 Å². The molecule has 0 bridgehead atoms. The fraction of sp³-hybridized carbons (Fsp3) is 0.136. The van der Waals surface area contributed by atoms with E-state index in [-0.39, 0.29) is 0 Å². The first kappa shape index (κ1) is 15.5. The third kappa shape index (κ3) is 2.31. The molecule has 0 atom stereocenters. The van der Waals surface area contributed by atoms with Crippen LogP contribution in [0.25, 0.3) is 33.5 Å². The number of aromatic nitrogens is 3. The van der Waals surface area contributed by atoms with Crippen LogP contribution < -0.4 is 0 Å². The fourth-order valence-electron chi connectivity index (χ4n) is 3.37. The number of hydrogen-bond acceptors (Lipinski definition) is 1. The molecule has 3 heteroatoms.